The van der Waals surface area contributed by atoms with Gasteiger partial charge >= 0.3 is 6.03 Å². The van der Waals surface area contributed by atoms with Crippen molar-refractivity contribution in [1.29, 1.82) is 0 Å². The minimum Gasteiger partial charge on any atom is -0.371 e. The zero-order valence-electron chi connectivity index (χ0n) is 37.0. The quantitative estimate of drug-likeness (QED) is 0.192. The summed E-state index contributed by atoms with van der Waals surface area (Å²) in [5.74, 6) is -2.12. The predicted molar refractivity (Wildman–Crippen MR) is 246 cm³/mol. The van der Waals surface area contributed by atoms with Gasteiger partial charge < -0.3 is 30.7 Å². The largest absolute Gasteiger partial charge is 0.371 e. The summed E-state index contributed by atoms with van der Waals surface area (Å²) in [6.07, 6.45) is 5.88. The van der Waals surface area contributed by atoms with Crippen LogP contribution in [0.15, 0.2) is 72.8 Å². The number of fused-ring (bicyclic) bond motifs is 1. The normalized spacial score (nSPS) is 22.8. The molecule has 10 rings (SSSR count). The number of anilines is 5. The van der Waals surface area contributed by atoms with Crippen LogP contribution in [0.25, 0.3) is 0 Å². The Morgan fingerprint density at radius 1 is 0.758 bits per heavy atom. The molecule has 18 heteroatoms. The SMILES string of the molecule is CC1(c2ccc(Nc3nc(N4CCCC(N5CCN(c6ccccc6)C5=O)C4)nnc3C(N)=O)cc2)CCN(C2CCN(c3ccc4c(c3)C(=O)N(C3CCC(=O)NC3=O)C4=O)CC2)CC1. The maximum atomic E-state index is 13.5. The lowest BCUT2D eigenvalue weighted by molar-refractivity contribution is -0.136. The fraction of sp³-hybridized carbons (Fsp3) is 0.438. The number of urea groups is 1. The number of carbonyl (C=O) groups excluding carboxylic acids is 6. The van der Waals surface area contributed by atoms with E-state index in [4.69, 9.17) is 10.7 Å². The van der Waals surface area contributed by atoms with Crippen molar-refractivity contribution in [1.82, 2.24) is 35.2 Å². The van der Waals surface area contributed by atoms with E-state index in [1.54, 1.807) is 12.1 Å². The molecule has 66 heavy (non-hydrogen) atoms. The molecule has 3 aromatic carbocycles. The van der Waals surface area contributed by atoms with Gasteiger partial charge in [0.1, 0.15) is 6.04 Å². The van der Waals surface area contributed by atoms with Gasteiger partial charge in [-0.2, -0.15) is 4.98 Å². The smallest absolute Gasteiger partial charge is 0.324 e. The minimum absolute atomic E-state index is 0.00235. The fourth-order valence-corrected chi connectivity index (χ4v) is 10.7. The number of benzene rings is 3. The molecule has 7 amide bonds. The Bertz CT molecular complexity index is 2580. The number of para-hydroxylation sites is 1. The Morgan fingerprint density at radius 3 is 2.23 bits per heavy atom. The van der Waals surface area contributed by atoms with Crippen LogP contribution in [0.1, 0.15) is 95.1 Å². The van der Waals surface area contributed by atoms with E-state index in [2.05, 4.69) is 49.7 Å². The first kappa shape index (κ1) is 43.0. The highest BCUT2D eigenvalue weighted by Crippen LogP contribution is 2.38. The van der Waals surface area contributed by atoms with Crippen molar-refractivity contribution >= 4 is 64.4 Å². The Balaban J connectivity index is 0.733. The lowest BCUT2D eigenvalue weighted by Gasteiger charge is -2.45. The topological polar surface area (TPSA) is 211 Å². The lowest BCUT2D eigenvalue weighted by atomic mass is 9.74. The molecule has 0 aliphatic carbocycles. The van der Waals surface area contributed by atoms with E-state index in [9.17, 15) is 28.8 Å². The molecule has 6 aliphatic heterocycles. The molecule has 342 valence electrons. The van der Waals surface area contributed by atoms with Crippen molar-refractivity contribution in [2.75, 3.05) is 72.4 Å². The van der Waals surface area contributed by atoms with E-state index in [0.717, 1.165) is 86.7 Å². The number of nitrogens with two attached hydrogens (primary N) is 1. The molecular formula is C48H54N12O6. The summed E-state index contributed by atoms with van der Waals surface area (Å²) in [5, 5.41) is 14.1. The molecule has 7 heterocycles. The maximum absolute atomic E-state index is 13.5. The van der Waals surface area contributed by atoms with Crippen LogP contribution in [0.3, 0.4) is 0 Å². The first-order valence-corrected chi connectivity index (χ1v) is 23.1. The average molecular weight is 895 g/mol. The molecule has 1 aromatic heterocycles. The fourth-order valence-electron chi connectivity index (χ4n) is 10.7. The summed E-state index contributed by atoms with van der Waals surface area (Å²) < 4.78 is 0. The molecule has 6 aliphatic rings. The van der Waals surface area contributed by atoms with Crippen molar-refractivity contribution in [3.63, 3.8) is 0 Å². The highest BCUT2D eigenvalue weighted by molar-refractivity contribution is 6.23. The van der Waals surface area contributed by atoms with E-state index in [1.807, 2.05) is 63.2 Å². The van der Waals surface area contributed by atoms with Gasteiger partial charge in [0.25, 0.3) is 17.7 Å². The van der Waals surface area contributed by atoms with Crippen molar-refractivity contribution in [3.05, 3.63) is 95.2 Å². The summed E-state index contributed by atoms with van der Waals surface area (Å²) in [6.45, 7) is 8.41. The van der Waals surface area contributed by atoms with Crippen LogP contribution in [0, 0.1) is 0 Å². The van der Waals surface area contributed by atoms with Gasteiger partial charge in [-0.05, 0) is 111 Å². The number of hydrogen-bond acceptors (Lipinski definition) is 13. The Hall–Kier alpha value is -6.95. The second-order valence-electron chi connectivity index (χ2n) is 18.6. The zero-order chi connectivity index (χ0) is 45.7. The highest BCUT2D eigenvalue weighted by Gasteiger charge is 2.45. The van der Waals surface area contributed by atoms with Crippen LogP contribution < -0.4 is 31.1 Å². The van der Waals surface area contributed by atoms with Gasteiger partial charge in [-0.3, -0.25) is 39.1 Å². The molecule has 2 atom stereocenters. The third-order valence-electron chi connectivity index (χ3n) is 14.7. The summed E-state index contributed by atoms with van der Waals surface area (Å²) in [4.78, 5) is 93.2. The molecule has 4 N–H and O–H groups in total. The number of aromatic nitrogens is 3. The summed E-state index contributed by atoms with van der Waals surface area (Å²) in [5.41, 5.74) is 10.0. The first-order chi connectivity index (χ1) is 31.9. The number of nitrogens with zero attached hydrogens (tertiary/aromatic N) is 9. The van der Waals surface area contributed by atoms with Crippen LogP contribution >= 0.6 is 0 Å². The third kappa shape index (κ3) is 8.07. The maximum Gasteiger partial charge on any atom is 0.324 e. The van der Waals surface area contributed by atoms with Crippen LogP contribution in [0.2, 0.25) is 0 Å². The van der Waals surface area contributed by atoms with Gasteiger partial charge in [0, 0.05) is 68.8 Å². The van der Waals surface area contributed by atoms with Crippen molar-refractivity contribution in [3.8, 4) is 0 Å². The van der Waals surface area contributed by atoms with Gasteiger partial charge in [0.05, 0.1) is 17.2 Å². The summed E-state index contributed by atoms with van der Waals surface area (Å²) in [7, 11) is 0. The van der Waals surface area contributed by atoms with Crippen LogP contribution in [-0.2, 0) is 15.0 Å². The standard InChI is InChI=1S/C48H54N12O6/c1-48(19-24-56(25-20-48)32-17-22-55(23-18-32)34-13-14-36-37(28-34)45(65)60(44(36)64)38-15-16-39(61)51-43(38)63)30-9-11-31(12-10-30)50-42-40(41(49)62)53-54-46(52-42)57-21-5-8-35(29-57)59-27-26-58(47(59)66)33-6-3-2-4-7-33/h2-4,6-7,9-14,28,32,35,38H,5,8,15-27,29H2,1H3,(H2,49,62)(H,50,52,54)(H,51,61,63). The molecule has 0 bridgehead atoms. The van der Waals surface area contributed by atoms with E-state index in [0.29, 0.717) is 43.7 Å². The van der Waals surface area contributed by atoms with Gasteiger partial charge in [-0.15, -0.1) is 10.2 Å². The van der Waals surface area contributed by atoms with E-state index in [-0.39, 0.29) is 47.4 Å². The highest BCUT2D eigenvalue weighted by atomic mass is 16.2. The number of carbonyl (C=O) groups is 6. The van der Waals surface area contributed by atoms with Crippen molar-refractivity contribution < 1.29 is 28.8 Å². The second kappa shape index (κ2) is 17.5. The van der Waals surface area contributed by atoms with Crippen LogP contribution in [0.5, 0.6) is 0 Å². The van der Waals surface area contributed by atoms with E-state index in [1.165, 1.54) is 5.56 Å². The molecule has 0 spiro atoms. The molecule has 2 unspecified atom stereocenters. The number of rotatable bonds is 10. The molecule has 18 nitrogen and oxygen atoms in total. The monoisotopic (exact) mass is 894 g/mol. The number of piperidine rings is 4. The number of primary amides is 1. The number of nitrogens with one attached hydrogen (secondary N) is 2. The molecule has 4 aromatic rings. The number of amides is 7. The number of likely N-dealkylation sites (tertiary alicyclic amines) is 1. The second-order valence-corrected chi connectivity index (χ2v) is 18.6. The third-order valence-corrected chi connectivity index (χ3v) is 14.7. The average Bonchev–Trinajstić information content (AvgIpc) is 3.84. The Labute approximate surface area is 382 Å². The zero-order valence-corrected chi connectivity index (χ0v) is 37.0. The summed E-state index contributed by atoms with van der Waals surface area (Å²) in [6, 6.07) is 22.8. The molecule has 0 saturated carbocycles. The van der Waals surface area contributed by atoms with Crippen molar-refractivity contribution in [2.45, 2.75) is 81.8 Å². The van der Waals surface area contributed by atoms with Crippen LogP contribution in [-0.4, -0.2) is 136 Å². The molecule has 5 fully saturated rings. The summed E-state index contributed by atoms with van der Waals surface area (Å²) >= 11 is 0. The van der Waals surface area contributed by atoms with Crippen molar-refractivity contribution in [2.24, 2.45) is 5.73 Å². The minimum atomic E-state index is -0.985. The van der Waals surface area contributed by atoms with E-state index >= 15 is 0 Å². The molecular weight excluding hydrogens is 841 g/mol. The van der Waals surface area contributed by atoms with Crippen LogP contribution in [0.4, 0.5) is 33.6 Å². The van der Waals surface area contributed by atoms with Gasteiger partial charge in [-0.1, -0.05) is 37.3 Å². The van der Waals surface area contributed by atoms with Gasteiger partial charge in [0.2, 0.25) is 17.8 Å². The van der Waals surface area contributed by atoms with Gasteiger partial charge in [-0.25, -0.2) is 4.79 Å². The Morgan fingerprint density at radius 2 is 1.50 bits per heavy atom. The number of imide groups is 2. The number of hydrogen-bond donors (Lipinski definition) is 3. The predicted octanol–water partition coefficient (Wildman–Crippen LogP) is 4.05. The Kier molecular flexibility index (Phi) is 11.4. The molecule has 0 radical (unpaired) electrons. The molecule has 5 saturated heterocycles. The first-order valence-electron chi connectivity index (χ1n) is 23.1. The lowest BCUT2D eigenvalue weighted by Crippen LogP contribution is -2.54. The van der Waals surface area contributed by atoms with Gasteiger partial charge in [0.15, 0.2) is 11.5 Å². The van der Waals surface area contributed by atoms with E-state index < -0.39 is 35.6 Å².